The number of hydrogen-bond donors (Lipinski definition) is 0. The molecule has 0 amide bonds. The molecule has 0 saturated carbocycles. The van der Waals surface area contributed by atoms with E-state index in [2.05, 4.69) is 10.1 Å². The fourth-order valence-corrected chi connectivity index (χ4v) is 5.35. The summed E-state index contributed by atoms with van der Waals surface area (Å²) in [5.41, 5.74) is 1.28. The quantitative estimate of drug-likeness (QED) is 0.546. The second-order valence-electron chi connectivity index (χ2n) is 7.98. The lowest BCUT2D eigenvalue weighted by Gasteiger charge is -2.30. The van der Waals surface area contributed by atoms with Crippen molar-refractivity contribution < 1.29 is 26.1 Å². The van der Waals surface area contributed by atoms with Crippen molar-refractivity contribution in [1.82, 2.24) is 14.4 Å². The van der Waals surface area contributed by atoms with Gasteiger partial charge in [-0.1, -0.05) is 23.4 Å². The molecule has 0 N–H and O–H groups in total. The minimum Gasteiger partial charge on any atom is -0.339 e. The Kier molecular flexibility index (Phi) is 5.85. The third kappa shape index (κ3) is 4.42. The van der Waals surface area contributed by atoms with Gasteiger partial charge in [-0.15, -0.1) is 0 Å². The summed E-state index contributed by atoms with van der Waals surface area (Å²) in [5.74, 6) is -0.0743. The highest BCUT2D eigenvalue weighted by Gasteiger charge is 2.34. The van der Waals surface area contributed by atoms with Crippen molar-refractivity contribution in [1.29, 1.82) is 0 Å². The molecule has 1 aromatic heterocycles. The summed E-state index contributed by atoms with van der Waals surface area (Å²) in [5, 5.41) is 3.83. The van der Waals surface area contributed by atoms with Crippen LogP contribution in [0.3, 0.4) is 0 Å². The van der Waals surface area contributed by atoms with E-state index >= 15 is 0 Å². The molecule has 170 valence electrons. The highest BCUT2D eigenvalue weighted by atomic mass is 32.2. The summed E-state index contributed by atoms with van der Waals surface area (Å²) in [6.07, 6.45) is -3.23. The van der Waals surface area contributed by atoms with Gasteiger partial charge in [0.15, 0.2) is 0 Å². The Hall–Kier alpha value is -2.72. The first-order valence-electron chi connectivity index (χ1n) is 10.1. The minimum absolute atomic E-state index is 0.0419. The molecule has 1 saturated heterocycles. The number of aromatic nitrogens is 2. The van der Waals surface area contributed by atoms with Crippen LogP contribution in [0.5, 0.6) is 0 Å². The van der Waals surface area contributed by atoms with Gasteiger partial charge < -0.3 is 4.52 Å². The first-order chi connectivity index (χ1) is 15.1. The standard InChI is InChI=1S/C22H22F3N3O3S/c1-14-8-9-19(11-15(14)2)32(29,30)28-10-4-6-17(13-28)21-26-20(27-31-21)16-5-3-7-18(12-16)22(23,24)25/h3,5,7-9,11-12,17H,4,6,10,13H2,1-2H3. The van der Waals surface area contributed by atoms with Gasteiger partial charge in [-0.3, -0.25) is 0 Å². The Morgan fingerprint density at radius 3 is 2.59 bits per heavy atom. The second kappa shape index (κ2) is 8.32. The number of alkyl halides is 3. The Balaban J connectivity index is 1.56. The molecule has 2 heterocycles. The van der Waals surface area contributed by atoms with Crippen molar-refractivity contribution in [2.24, 2.45) is 0 Å². The van der Waals surface area contributed by atoms with Gasteiger partial charge in [0.1, 0.15) is 0 Å². The predicted octanol–water partition coefficient (Wildman–Crippen LogP) is 4.94. The summed E-state index contributed by atoms with van der Waals surface area (Å²) in [4.78, 5) is 4.51. The van der Waals surface area contributed by atoms with Crippen molar-refractivity contribution in [2.45, 2.75) is 43.7 Å². The molecule has 0 aliphatic carbocycles. The van der Waals surface area contributed by atoms with E-state index in [9.17, 15) is 21.6 Å². The topological polar surface area (TPSA) is 76.3 Å². The third-order valence-electron chi connectivity index (χ3n) is 5.74. The highest BCUT2D eigenvalue weighted by molar-refractivity contribution is 7.89. The molecule has 10 heteroatoms. The van der Waals surface area contributed by atoms with E-state index < -0.39 is 21.8 Å². The molecule has 6 nitrogen and oxygen atoms in total. The zero-order valence-corrected chi connectivity index (χ0v) is 18.4. The lowest BCUT2D eigenvalue weighted by molar-refractivity contribution is -0.137. The van der Waals surface area contributed by atoms with Crippen molar-refractivity contribution >= 4 is 10.0 Å². The molecule has 1 atom stereocenters. The number of benzene rings is 2. The van der Waals surface area contributed by atoms with Crippen LogP contribution < -0.4 is 0 Å². The summed E-state index contributed by atoms with van der Waals surface area (Å²) in [6.45, 7) is 4.32. The maximum absolute atomic E-state index is 13.1. The first-order valence-corrected chi connectivity index (χ1v) is 11.6. The molecule has 2 aromatic carbocycles. The van der Waals surface area contributed by atoms with Crippen LogP contribution in [0.15, 0.2) is 51.9 Å². The molecule has 32 heavy (non-hydrogen) atoms. The summed E-state index contributed by atoms with van der Waals surface area (Å²) >= 11 is 0. The van der Waals surface area contributed by atoms with E-state index in [4.69, 9.17) is 4.52 Å². The fourth-order valence-electron chi connectivity index (χ4n) is 3.74. The van der Waals surface area contributed by atoms with Gasteiger partial charge in [-0.05, 0) is 62.1 Å². The average Bonchev–Trinajstić information content (AvgIpc) is 3.26. The molecular formula is C22H22F3N3O3S. The van der Waals surface area contributed by atoms with Crippen LogP contribution in [-0.4, -0.2) is 36.0 Å². The maximum atomic E-state index is 13.1. The average molecular weight is 465 g/mol. The van der Waals surface area contributed by atoms with Gasteiger partial charge in [0.25, 0.3) is 0 Å². The van der Waals surface area contributed by atoms with Crippen LogP contribution in [0.1, 0.15) is 41.3 Å². The van der Waals surface area contributed by atoms with Gasteiger partial charge in [0, 0.05) is 18.7 Å². The number of nitrogens with zero attached hydrogens (tertiary/aromatic N) is 3. The van der Waals surface area contributed by atoms with E-state index in [-0.39, 0.29) is 34.6 Å². The molecule has 1 aliphatic rings. The monoisotopic (exact) mass is 465 g/mol. The van der Waals surface area contributed by atoms with Crippen molar-refractivity contribution in [2.75, 3.05) is 13.1 Å². The lowest BCUT2D eigenvalue weighted by Crippen LogP contribution is -2.39. The molecule has 1 aliphatic heterocycles. The first kappa shape index (κ1) is 22.5. The molecule has 0 spiro atoms. The van der Waals surface area contributed by atoms with Gasteiger partial charge in [0.2, 0.25) is 21.7 Å². The van der Waals surface area contributed by atoms with E-state index in [0.717, 1.165) is 23.3 Å². The number of hydrogen-bond acceptors (Lipinski definition) is 5. The van der Waals surface area contributed by atoms with Crippen molar-refractivity contribution in [3.63, 3.8) is 0 Å². The largest absolute Gasteiger partial charge is 0.416 e. The summed E-state index contributed by atoms with van der Waals surface area (Å²) in [7, 11) is -3.69. The molecule has 4 rings (SSSR count). The molecule has 1 unspecified atom stereocenters. The second-order valence-corrected chi connectivity index (χ2v) is 9.92. The number of piperidine rings is 1. The van der Waals surface area contributed by atoms with E-state index in [1.807, 2.05) is 13.8 Å². The van der Waals surface area contributed by atoms with Crippen LogP contribution in [0.2, 0.25) is 0 Å². The van der Waals surface area contributed by atoms with Gasteiger partial charge >= 0.3 is 6.18 Å². The number of rotatable bonds is 4. The molecule has 0 radical (unpaired) electrons. The van der Waals surface area contributed by atoms with Crippen LogP contribution in [-0.2, 0) is 16.2 Å². The zero-order chi connectivity index (χ0) is 23.1. The minimum atomic E-state index is -4.48. The van der Waals surface area contributed by atoms with E-state index in [0.29, 0.717) is 19.4 Å². The SMILES string of the molecule is Cc1ccc(S(=O)(=O)N2CCCC(c3nc(-c4cccc(C(F)(F)F)c4)no3)C2)cc1C. The summed E-state index contributed by atoms with van der Waals surface area (Å²) < 4.78 is 72.0. The molecule has 3 aromatic rings. The molecule has 0 bridgehead atoms. The Morgan fingerprint density at radius 1 is 1.09 bits per heavy atom. The molecular weight excluding hydrogens is 443 g/mol. The Bertz CT molecular complexity index is 1240. The van der Waals surface area contributed by atoms with Crippen molar-refractivity contribution in [3.8, 4) is 11.4 Å². The molecule has 1 fully saturated rings. The van der Waals surface area contributed by atoms with Gasteiger partial charge in [0.05, 0.1) is 16.4 Å². The smallest absolute Gasteiger partial charge is 0.339 e. The number of halogens is 3. The third-order valence-corrected chi connectivity index (χ3v) is 7.60. The van der Waals surface area contributed by atoms with E-state index in [1.165, 1.54) is 16.4 Å². The van der Waals surface area contributed by atoms with E-state index in [1.54, 1.807) is 18.2 Å². The van der Waals surface area contributed by atoms with Crippen LogP contribution >= 0.6 is 0 Å². The normalized spacial score (nSPS) is 18.1. The maximum Gasteiger partial charge on any atom is 0.416 e. The number of aryl methyl sites for hydroxylation is 2. The lowest BCUT2D eigenvalue weighted by atomic mass is 10.00. The highest BCUT2D eigenvalue weighted by Crippen LogP contribution is 2.33. The van der Waals surface area contributed by atoms with Crippen LogP contribution in [0, 0.1) is 13.8 Å². The van der Waals surface area contributed by atoms with Gasteiger partial charge in [-0.2, -0.15) is 22.5 Å². The zero-order valence-electron chi connectivity index (χ0n) is 17.6. The Morgan fingerprint density at radius 2 is 1.88 bits per heavy atom. The van der Waals surface area contributed by atoms with Gasteiger partial charge in [-0.25, -0.2) is 8.42 Å². The van der Waals surface area contributed by atoms with Crippen LogP contribution in [0.4, 0.5) is 13.2 Å². The van der Waals surface area contributed by atoms with Crippen molar-refractivity contribution in [3.05, 3.63) is 65.0 Å². The predicted molar refractivity (Wildman–Crippen MR) is 111 cm³/mol. The van der Waals surface area contributed by atoms with Crippen LogP contribution in [0.25, 0.3) is 11.4 Å². The Labute approximate surface area is 184 Å². The summed E-state index contributed by atoms with van der Waals surface area (Å²) in [6, 6.07) is 9.73. The fraction of sp³-hybridized carbons (Fsp3) is 0.364. The number of sulfonamides is 1.